The molecule has 39 heavy (non-hydrogen) atoms. The quantitative estimate of drug-likeness (QED) is 0.276. The van der Waals surface area contributed by atoms with Crippen LogP contribution in [0.25, 0.3) is 11.3 Å². The minimum Gasteiger partial charge on any atom is -0.485 e. The summed E-state index contributed by atoms with van der Waals surface area (Å²) in [6.07, 6.45) is 1.64. The maximum atomic E-state index is 6.49. The second kappa shape index (κ2) is 9.09. The van der Waals surface area contributed by atoms with Gasteiger partial charge in [0, 0.05) is 0 Å². The third-order valence-electron chi connectivity index (χ3n) is 7.31. The van der Waals surface area contributed by atoms with Crippen LogP contribution in [0.4, 0.5) is 0 Å². The van der Waals surface area contributed by atoms with Crippen molar-refractivity contribution in [3.8, 4) is 23.2 Å². The third kappa shape index (κ3) is 3.84. The van der Waals surface area contributed by atoms with Crippen LogP contribution in [0.5, 0.6) is 17.5 Å². The van der Waals surface area contributed by atoms with E-state index in [0.717, 1.165) is 39.4 Å². The van der Waals surface area contributed by atoms with Crippen LogP contribution >= 0.6 is 0 Å². The molecular formula is C31H26N6O2. The van der Waals surface area contributed by atoms with Crippen molar-refractivity contribution in [2.75, 3.05) is 0 Å². The number of aryl methyl sites for hydroxylation is 2. The Hall–Kier alpha value is -4.98. The van der Waals surface area contributed by atoms with Crippen molar-refractivity contribution in [1.82, 2.24) is 29.4 Å². The van der Waals surface area contributed by atoms with Gasteiger partial charge in [-0.15, -0.1) is 5.10 Å². The maximum Gasteiger partial charge on any atom is 0.230 e. The molecule has 0 N–H and O–H groups in total. The lowest BCUT2D eigenvalue weighted by molar-refractivity contribution is 0.294. The molecule has 7 rings (SSSR count). The molecule has 8 nitrogen and oxygen atoms in total. The highest BCUT2D eigenvalue weighted by molar-refractivity contribution is 5.66. The molecule has 192 valence electrons. The first-order valence-corrected chi connectivity index (χ1v) is 12.9. The van der Waals surface area contributed by atoms with Crippen LogP contribution in [-0.2, 0) is 6.61 Å². The Morgan fingerprint density at radius 2 is 1.62 bits per heavy atom. The molecule has 0 amide bonds. The van der Waals surface area contributed by atoms with E-state index in [0.29, 0.717) is 23.2 Å². The number of para-hydroxylation sites is 1. The van der Waals surface area contributed by atoms with Gasteiger partial charge in [-0.1, -0.05) is 60.7 Å². The van der Waals surface area contributed by atoms with Gasteiger partial charge < -0.3 is 9.47 Å². The first kappa shape index (κ1) is 23.2. The van der Waals surface area contributed by atoms with Crippen LogP contribution in [-0.4, -0.2) is 29.4 Å². The van der Waals surface area contributed by atoms with Crippen molar-refractivity contribution in [2.45, 2.75) is 33.3 Å². The molecule has 1 aliphatic heterocycles. The average molecular weight is 515 g/mol. The number of hydrogen-bond donors (Lipinski definition) is 0. The van der Waals surface area contributed by atoms with Crippen LogP contribution in [0, 0.1) is 20.8 Å². The summed E-state index contributed by atoms with van der Waals surface area (Å²) in [4.78, 5) is 9.60. The molecule has 0 saturated carbocycles. The molecule has 0 saturated heterocycles. The smallest absolute Gasteiger partial charge is 0.230 e. The first-order chi connectivity index (χ1) is 19.1. The van der Waals surface area contributed by atoms with E-state index in [-0.39, 0.29) is 12.5 Å². The molecule has 1 atom stereocenters. The highest BCUT2D eigenvalue weighted by atomic mass is 16.5. The van der Waals surface area contributed by atoms with E-state index in [1.54, 1.807) is 10.8 Å². The minimum absolute atomic E-state index is 0.185. The summed E-state index contributed by atoms with van der Waals surface area (Å²) in [6.45, 7) is 6.39. The maximum absolute atomic E-state index is 6.49. The van der Waals surface area contributed by atoms with Gasteiger partial charge in [-0.25, -0.2) is 19.2 Å². The Bertz CT molecular complexity index is 1830. The topological polar surface area (TPSA) is 79.4 Å². The van der Waals surface area contributed by atoms with Crippen LogP contribution in [0.1, 0.15) is 45.3 Å². The number of benzene rings is 3. The summed E-state index contributed by atoms with van der Waals surface area (Å²) in [5.74, 6) is 2.37. The van der Waals surface area contributed by atoms with Gasteiger partial charge >= 0.3 is 0 Å². The van der Waals surface area contributed by atoms with Gasteiger partial charge in [-0.3, -0.25) is 0 Å². The lowest BCUT2D eigenvalue weighted by Gasteiger charge is -2.26. The summed E-state index contributed by atoms with van der Waals surface area (Å²) in [7, 11) is 0. The van der Waals surface area contributed by atoms with Crippen molar-refractivity contribution in [3.05, 3.63) is 125 Å². The van der Waals surface area contributed by atoms with Crippen molar-refractivity contribution >= 4 is 5.65 Å². The van der Waals surface area contributed by atoms with E-state index in [1.807, 2.05) is 72.3 Å². The van der Waals surface area contributed by atoms with E-state index in [9.17, 15) is 0 Å². The van der Waals surface area contributed by atoms with E-state index in [4.69, 9.17) is 19.6 Å². The summed E-state index contributed by atoms with van der Waals surface area (Å²) in [5.41, 5.74) is 7.73. The normalized spacial score (nSPS) is 14.1. The minimum atomic E-state index is -0.185. The molecule has 0 radical (unpaired) electrons. The fourth-order valence-electron chi connectivity index (χ4n) is 5.23. The highest BCUT2D eigenvalue weighted by Crippen LogP contribution is 2.49. The molecule has 0 aliphatic carbocycles. The monoisotopic (exact) mass is 514 g/mol. The van der Waals surface area contributed by atoms with Crippen LogP contribution in [0.15, 0.2) is 85.2 Å². The number of rotatable bonds is 5. The summed E-state index contributed by atoms with van der Waals surface area (Å²) in [6, 6.07) is 26.4. The van der Waals surface area contributed by atoms with Crippen molar-refractivity contribution in [3.63, 3.8) is 0 Å². The third-order valence-corrected chi connectivity index (χ3v) is 7.31. The van der Waals surface area contributed by atoms with Crippen LogP contribution < -0.4 is 9.47 Å². The standard InChI is InChI=1S/C31H26N6O2/c1-19-11-10-16-24(20(19)2)38-17-25-33-29-28-27(22-12-6-4-7-13-22)26-21(3)34-37(23-14-8-5-9-15-23)31(26)39-30(28)32-18-36(29)35-25/h4-16,18,27H,17H2,1-3H3/t27-/m1/s1. The second-order valence-electron chi connectivity index (χ2n) is 9.74. The fraction of sp³-hybridized carbons (Fsp3) is 0.161. The van der Waals surface area contributed by atoms with Gasteiger partial charge in [-0.05, 0) is 55.7 Å². The first-order valence-electron chi connectivity index (χ1n) is 12.9. The Morgan fingerprint density at radius 1 is 0.846 bits per heavy atom. The van der Waals surface area contributed by atoms with Gasteiger partial charge in [0.1, 0.15) is 18.7 Å². The molecule has 8 heteroatoms. The zero-order chi connectivity index (χ0) is 26.5. The number of hydrogen-bond acceptors (Lipinski definition) is 6. The van der Waals surface area contributed by atoms with Gasteiger partial charge in [0.05, 0.1) is 28.4 Å². The molecule has 0 bridgehead atoms. The molecule has 0 spiro atoms. The Morgan fingerprint density at radius 3 is 2.41 bits per heavy atom. The summed E-state index contributed by atoms with van der Waals surface area (Å²) < 4.78 is 16.2. The Kier molecular flexibility index (Phi) is 5.40. The van der Waals surface area contributed by atoms with E-state index < -0.39 is 0 Å². The van der Waals surface area contributed by atoms with Crippen LogP contribution in [0.2, 0.25) is 0 Å². The van der Waals surface area contributed by atoms with E-state index in [2.05, 4.69) is 42.1 Å². The molecule has 4 heterocycles. The Labute approximate surface area is 225 Å². The molecule has 0 fully saturated rings. The lowest BCUT2D eigenvalue weighted by Crippen LogP contribution is -2.16. The zero-order valence-electron chi connectivity index (χ0n) is 21.9. The van der Waals surface area contributed by atoms with Crippen molar-refractivity contribution < 1.29 is 9.47 Å². The van der Waals surface area contributed by atoms with Crippen molar-refractivity contribution in [2.24, 2.45) is 0 Å². The lowest BCUT2D eigenvalue weighted by atomic mass is 9.84. The van der Waals surface area contributed by atoms with E-state index in [1.165, 1.54) is 5.56 Å². The number of fused-ring (bicyclic) bond motifs is 4. The predicted octanol–water partition coefficient (Wildman–Crippen LogP) is 6.10. The summed E-state index contributed by atoms with van der Waals surface area (Å²) >= 11 is 0. The molecule has 1 aliphatic rings. The number of aromatic nitrogens is 6. The van der Waals surface area contributed by atoms with Gasteiger partial charge in [0.25, 0.3) is 0 Å². The molecule has 6 aromatic rings. The molecule has 0 unspecified atom stereocenters. The van der Waals surface area contributed by atoms with Crippen LogP contribution in [0.3, 0.4) is 0 Å². The fourth-order valence-corrected chi connectivity index (χ4v) is 5.23. The molecular weight excluding hydrogens is 488 g/mol. The Balaban J connectivity index is 1.36. The number of nitrogens with zero attached hydrogens (tertiary/aromatic N) is 6. The second-order valence-corrected chi connectivity index (χ2v) is 9.74. The average Bonchev–Trinajstić information content (AvgIpc) is 3.54. The summed E-state index contributed by atoms with van der Waals surface area (Å²) in [5, 5.41) is 9.57. The molecule has 3 aromatic heterocycles. The molecule has 3 aromatic carbocycles. The van der Waals surface area contributed by atoms with Gasteiger partial charge in [0.2, 0.25) is 11.8 Å². The largest absolute Gasteiger partial charge is 0.485 e. The van der Waals surface area contributed by atoms with Gasteiger partial charge in [-0.2, -0.15) is 5.10 Å². The SMILES string of the molecule is Cc1cccc(OCc2nc3c4c(ncn3n2)Oc2c(c(C)nn2-c2ccccc2)[C@H]4c2ccccc2)c1C. The highest BCUT2D eigenvalue weighted by Gasteiger charge is 2.38. The van der Waals surface area contributed by atoms with Gasteiger partial charge in [0.15, 0.2) is 11.5 Å². The predicted molar refractivity (Wildman–Crippen MR) is 147 cm³/mol. The van der Waals surface area contributed by atoms with E-state index >= 15 is 0 Å². The van der Waals surface area contributed by atoms with Crippen molar-refractivity contribution in [1.29, 1.82) is 0 Å². The number of ether oxygens (including phenoxy) is 2. The zero-order valence-corrected chi connectivity index (χ0v) is 21.9.